The van der Waals surface area contributed by atoms with Gasteiger partial charge in [-0.1, -0.05) is 6.07 Å². The van der Waals surface area contributed by atoms with Crippen LogP contribution in [0.15, 0.2) is 24.4 Å². The highest BCUT2D eigenvalue weighted by Crippen LogP contribution is 2.25. The number of hydrogen-bond acceptors (Lipinski definition) is 3. The Morgan fingerprint density at radius 2 is 2.40 bits per heavy atom. The molecule has 1 aliphatic heterocycles. The van der Waals surface area contributed by atoms with E-state index in [4.69, 9.17) is 4.74 Å². The van der Waals surface area contributed by atoms with Crippen LogP contribution < -0.4 is 5.32 Å². The van der Waals surface area contributed by atoms with E-state index in [2.05, 4.69) is 22.4 Å². The Morgan fingerprint density at radius 1 is 1.53 bits per heavy atom. The molecule has 0 bridgehead atoms. The van der Waals surface area contributed by atoms with E-state index in [1.807, 2.05) is 19.3 Å². The lowest BCUT2D eigenvalue weighted by Gasteiger charge is -2.29. The molecule has 1 aromatic rings. The lowest BCUT2D eigenvalue weighted by molar-refractivity contribution is -0.0385. The van der Waals surface area contributed by atoms with E-state index in [-0.39, 0.29) is 0 Å². The number of rotatable bonds is 5. The smallest absolute Gasteiger partial charge is 0.0516 e. The molecule has 2 rings (SSSR count). The zero-order valence-electron chi connectivity index (χ0n) is 9.15. The molecular weight excluding hydrogens is 188 g/mol. The highest BCUT2D eigenvalue weighted by molar-refractivity contribution is 5.10. The van der Waals surface area contributed by atoms with E-state index < -0.39 is 0 Å². The van der Waals surface area contributed by atoms with Gasteiger partial charge < -0.3 is 10.1 Å². The van der Waals surface area contributed by atoms with Crippen LogP contribution in [0, 0.1) is 5.92 Å². The van der Waals surface area contributed by atoms with Crippen molar-refractivity contribution in [1.82, 2.24) is 10.3 Å². The molecule has 15 heavy (non-hydrogen) atoms. The molecule has 0 spiro atoms. The summed E-state index contributed by atoms with van der Waals surface area (Å²) in [7, 11) is 1.99. The van der Waals surface area contributed by atoms with Gasteiger partial charge >= 0.3 is 0 Å². The molecule has 1 aromatic heterocycles. The van der Waals surface area contributed by atoms with Crippen molar-refractivity contribution in [2.24, 2.45) is 5.92 Å². The highest BCUT2D eigenvalue weighted by Gasteiger charge is 2.24. The molecule has 1 N–H and O–H groups in total. The number of aromatic nitrogens is 1. The normalized spacial score (nSPS) is 18.5. The molecule has 0 aliphatic carbocycles. The van der Waals surface area contributed by atoms with E-state index in [0.29, 0.717) is 5.92 Å². The van der Waals surface area contributed by atoms with Crippen LogP contribution in [0.3, 0.4) is 0 Å². The van der Waals surface area contributed by atoms with E-state index in [9.17, 15) is 0 Å². The predicted octanol–water partition coefficient (Wildman–Crippen LogP) is 1.42. The zero-order valence-corrected chi connectivity index (χ0v) is 9.15. The summed E-state index contributed by atoms with van der Waals surface area (Å²) >= 11 is 0. The van der Waals surface area contributed by atoms with E-state index in [1.165, 1.54) is 12.1 Å². The maximum atomic E-state index is 5.21. The molecule has 3 heteroatoms. The minimum absolute atomic E-state index is 0.519. The van der Waals surface area contributed by atoms with Crippen LogP contribution in [0.2, 0.25) is 0 Å². The van der Waals surface area contributed by atoms with Crippen LogP contribution in [0.5, 0.6) is 0 Å². The molecule has 1 saturated heterocycles. The maximum absolute atomic E-state index is 5.21. The van der Waals surface area contributed by atoms with Crippen LogP contribution in [0.25, 0.3) is 0 Å². The number of pyridine rings is 1. The Morgan fingerprint density at radius 3 is 2.93 bits per heavy atom. The molecular formula is C12H18N2O. The van der Waals surface area contributed by atoms with Gasteiger partial charge in [-0.05, 0) is 25.6 Å². The quantitative estimate of drug-likeness (QED) is 0.791. The van der Waals surface area contributed by atoms with Crippen molar-refractivity contribution in [3.63, 3.8) is 0 Å². The number of nitrogens with one attached hydrogen (secondary N) is 1. The van der Waals surface area contributed by atoms with Crippen molar-refractivity contribution in [3.05, 3.63) is 30.1 Å². The van der Waals surface area contributed by atoms with Gasteiger partial charge in [-0.25, -0.2) is 0 Å². The molecule has 0 saturated carbocycles. The summed E-state index contributed by atoms with van der Waals surface area (Å²) in [5, 5.41) is 3.24. The summed E-state index contributed by atoms with van der Waals surface area (Å²) in [5.41, 5.74) is 1.19. The molecule has 0 amide bonds. The maximum Gasteiger partial charge on any atom is 0.0516 e. The first-order chi connectivity index (χ1) is 7.40. The van der Waals surface area contributed by atoms with E-state index in [1.54, 1.807) is 0 Å². The molecule has 2 heterocycles. The fourth-order valence-electron chi connectivity index (χ4n) is 2.00. The first-order valence-corrected chi connectivity index (χ1v) is 5.53. The number of nitrogens with zero attached hydrogens (tertiary/aromatic N) is 1. The average Bonchev–Trinajstić information content (AvgIpc) is 2.23. The third-order valence-corrected chi connectivity index (χ3v) is 2.88. The second-order valence-electron chi connectivity index (χ2n) is 4.15. The van der Waals surface area contributed by atoms with Gasteiger partial charge in [0.1, 0.15) is 0 Å². The third kappa shape index (κ3) is 2.76. The summed E-state index contributed by atoms with van der Waals surface area (Å²) in [6.07, 6.45) is 3.05. The Balaban J connectivity index is 1.98. The first kappa shape index (κ1) is 10.6. The lowest BCUT2D eigenvalue weighted by Crippen LogP contribution is -2.31. The summed E-state index contributed by atoms with van der Waals surface area (Å²) < 4.78 is 5.21. The number of hydrogen-bond donors (Lipinski definition) is 1. The second-order valence-corrected chi connectivity index (χ2v) is 4.15. The monoisotopic (exact) mass is 206 g/mol. The van der Waals surface area contributed by atoms with Crippen molar-refractivity contribution >= 4 is 0 Å². The summed E-state index contributed by atoms with van der Waals surface area (Å²) in [5.74, 6) is 1.25. The zero-order chi connectivity index (χ0) is 10.5. The average molecular weight is 206 g/mol. The molecule has 1 fully saturated rings. The van der Waals surface area contributed by atoms with Crippen LogP contribution in [0.4, 0.5) is 0 Å². The topological polar surface area (TPSA) is 34.1 Å². The van der Waals surface area contributed by atoms with Gasteiger partial charge in [-0.15, -0.1) is 0 Å². The standard InChI is InChI=1S/C12H18N2O/c1-13-7-11(6-10-8-15-9-10)12-4-2-3-5-14-12/h2-5,10-11,13H,6-9H2,1H3. The Labute approximate surface area is 90.9 Å². The number of likely N-dealkylation sites (N-methyl/N-ethyl adjacent to an activating group) is 1. The molecule has 0 radical (unpaired) electrons. The van der Waals surface area contributed by atoms with Crippen LogP contribution in [0.1, 0.15) is 18.0 Å². The van der Waals surface area contributed by atoms with Gasteiger partial charge in [-0.3, -0.25) is 4.98 Å². The largest absolute Gasteiger partial charge is 0.381 e. The van der Waals surface area contributed by atoms with Crippen molar-refractivity contribution in [2.45, 2.75) is 12.3 Å². The Bertz CT molecular complexity index is 285. The highest BCUT2D eigenvalue weighted by atomic mass is 16.5. The second kappa shape index (κ2) is 5.24. The molecule has 1 unspecified atom stereocenters. The van der Waals surface area contributed by atoms with Crippen molar-refractivity contribution < 1.29 is 4.74 Å². The Kier molecular flexibility index (Phi) is 3.69. The summed E-state index contributed by atoms with van der Waals surface area (Å²) in [4.78, 5) is 4.43. The van der Waals surface area contributed by atoms with Gasteiger partial charge in [0.05, 0.1) is 13.2 Å². The van der Waals surface area contributed by atoms with Gasteiger partial charge in [0.25, 0.3) is 0 Å². The molecule has 1 atom stereocenters. The summed E-state index contributed by atoms with van der Waals surface area (Å²) in [6.45, 7) is 2.84. The minimum Gasteiger partial charge on any atom is -0.381 e. The van der Waals surface area contributed by atoms with Crippen LogP contribution in [-0.2, 0) is 4.74 Å². The molecule has 1 aliphatic rings. The fourth-order valence-corrected chi connectivity index (χ4v) is 2.00. The molecule has 3 nitrogen and oxygen atoms in total. The van der Waals surface area contributed by atoms with Gasteiger partial charge in [0.15, 0.2) is 0 Å². The fraction of sp³-hybridized carbons (Fsp3) is 0.583. The van der Waals surface area contributed by atoms with E-state index in [0.717, 1.165) is 25.7 Å². The molecule has 0 aromatic carbocycles. The van der Waals surface area contributed by atoms with Crippen LogP contribution in [-0.4, -0.2) is 31.8 Å². The van der Waals surface area contributed by atoms with Gasteiger partial charge in [-0.2, -0.15) is 0 Å². The summed E-state index contributed by atoms with van der Waals surface area (Å²) in [6, 6.07) is 6.14. The minimum atomic E-state index is 0.519. The van der Waals surface area contributed by atoms with Crippen molar-refractivity contribution in [3.8, 4) is 0 Å². The van der Waals surface area contributed by atoms with Gasteiger partial charge in [0, 0.05) is 30.3 Å². The van der Waals surface area contributed by atoms with Crippen molar-refractivity contribution in [2.75, 3.05) is 26.8 Å². The van der Waals surface area contributed by atoms with E-state index >= 15 is 0 Å². The predicted molar refractivity (Wildman–Crippen MR) is 59.8 cm³/mol. The van der Waals surface area contributed by atoms with Crippen LogP contribution >= 0.6 is 0 Å². The SMILES string of the molecule is CNCC(CC1COC1)c1ccccn1. The Hall–Kier alpha value is -0.930. The number of ether oxygens (including phenoxy) is 1. The first-order valence-electron chi connectivity index (χ1n) is 5.53. The van der Waals surface area contributed by atoms with Crippen molar-refractivity contribution in [1.29, 1.82) is 0 Å². The lowest BCUT2D eigenvalue weighted by atomic mass is 9.90. The third-order valence-electron chi connectivity index (χ3n) is 2.88. The van der Waals surface area contributed by atoms with Gasteiger partial charge in [0.2, 0.25) is 0 Å². The molecule has 82 valence electrons.